The van der Waals surface area contributed by atoms with Crippen LogP contribution in [0.3, 0.4) is 0 Å². The second kappa shape index (κ2) is 7.81. The summed E-state index contributed by atoms with van der Waals surface area (Å²) in [7, 11) is 0. The van der Waals surface area contributed by atoms with Crippen molar-refractivity contribution in [2.75, 3.05) is 11.9 Å². The predicted molar refractivity (Wildman–Crippen MR) is 82.9 cm³/mol. The molecule has 0 bridgehead atoms. The topological polar surface area (TPSA) is 86.9 Å². The smallest absolute Gasteiger partial charge is 0.225 e. The van der Waals surface area contributed by atoms with Gasteiger partial charge in [-0.3, -0.25) is 14.7 Å². The van der Waals surface area contributed by atoms with E-state index in [4.69, 9.17) is 0 Å². The molecule has 0 aromatic carbocycles. The Morgan fingerprint density at radius 2 is 2.05 bits per heavy atom. The number of nitrogens with zero attached hydrogens (tertiary/aromatic N) is 1. The molecule has 2 amide bonds. The van der Waals surface area contributed by atoms with Gasteiger partial charge in [-0.05, 0) is 12.8 Å². The lowest BCUT2D eigenvalue weighted by Gasteiger charge is -2.17. The van der Waals surface area contributed by atoms with Gasteiger partial charge in [0.1, 0.15) is 0 Å². The first kappa shape index (κ1) is 17.2. The van der Waals surface area contributed by atoms with E-state index in [9.17, 15) is 9.59 Å². The lowest BCUT2D eigenvalue weighted by atomic mass is 9.96. The fraction of sp³-hybridized carbons (Fsp3) is 0.667. The fourth-order valence-electron chi connectivity index (χ4n) is 1.74. The summed E-state index contributed by atoms with van der Waals surface area (Å²) in [5, 5.41) is 12.5. The Labute approximate surface area is 126 Å². The van der Waals surface area contributed by atoms with Crippen LogP contribution in [0.25, 0.3) is 0 Å². The highest BCUT2D eigenvalue weighted by Gasteiger charge is 2.20. The van der Waals surface area contributed by atoms with Crippen molar-refractivity contribution < 1.29 is 9.59 Å². The van der Waals surface area contributed by atoms with E-state index in [2.05, 4.69) is 27.8 Å². The van der Waals surface area contributed by atoms with Crippen LogP contribution in [-0.4, -0.2) is 28.6 Å². The van der Waals surface area contributed by atoms with Crippen molar-refractivity contribution in [1.82, 2.24) is 15.5 Å². The Hall–Kier alpha value is -1.85. The summed E-state index contributed by atoms with van der Waals surface area (Å²) in [6, 6.07) is 1.85. The van der Waals surface area contributed by atoms with Crippen LogP contribution in [0.1, 0.15) is 52.7 Å². The second-order valence-corrected chi connectivity index (χ2v) is 6.19. The third kappa shape index (κ3) is 6.42. The predicted octanol–water partition coefficient (Wildman–Crippen LogP) is 2.24. The van der Waals surface area contributed by atoms with Gasteiger partial charge >= 0.3 is 0 Å². The number of aromatic nitrogens is 2. The summed E-state index contributed by atoms with van der Waals surface area (Å²) in [5.74, 6) is 0.469. The van der Waals surface area contributed by atoms with Crippen molar-refractivity contribution in [2.45, 2.75) is 53.4 Å². The number of nitrogens with one attached hydrogen (secondary N) is 3. The maximum atomic E-state index is 11.7. The van der Waals surface area contributed by atoms with Gasteiger partial charge in [-0.1, -0.05) is 34.1 Å². The Kier molecular flexibility index (Phi) is 6.39. The van der Waals surface area contributed by atoms with Crippen LogP contribution in [0.2, 0.25) is 0 Å². The number of hydrogen-bond donors (Lipinski definition) is 3. The lowest BCUT2D eigenvalue weighted by Crippen LogP contribution is -2.35. The first-order valence-corrected chi connectivity index (χ1v) is 7.45. The molecule has 0 spiro atoms. The van der Waals surface area contributed by atoms with Crippen LogP contribution in [0, 0.1) is 5.41 Å². The summed E-state index contributed by atoms with van der Waals surface area (Å²) in [6.07, 6.45) is 2.92. The van der Waals surface area contributed by atoms with Gasteiger partial charge in [-0.2, -0.15) is 5.10 Å². The number of rotatable bonds is 7. The third-order valence-electron chi connectivity index (χ3n) is 2.97. The van der Waals surface area contributed by atoms with Crippen molar-refractivity contribution in [2.24, 2.45) is 5.41 Å². The Bertz CT molecular complexity index is 474. The van der Waals surface area contributed by atoms with Gasteiger partial charge in [0.15, 0.2) is 5.82 Å². The molecule has 6 heteroatoms. The zero-order valence-electron chi connectivity index (χ0n) is 13.4. The van der Waals surface area contributed by atoms with Gasteiger partial charge < -0.3 is 10.6 Å². The van der Waals surface area contributed by atoms with E-state index in [0.29, 0.717) is 25.2 Å². The fourth-order valence-corrected chi connectivity index (χ4v) is 1.74. The summed E-state index contributed by atoms with van der Waals surface area (Å²) < 4.78 is 0. The summed E-state index contributed by atoms with van der Waals surface area (Å²) >= 11 is 0. The van der Waals surface area contributed by atoms with E-state index >= 15 is 0 Å². The van der Waals surface area contributed by atoms with Gasteiger partial charge in [0.05, 0.1) is 0 Å². The minimum Gasteiger partial charge on any atom is -0.356 e. The molecule has 0 atom stereocenters. The molecule has 1 aromatic heterocycles. The molecule has 3 N–H and O–H groups in total. The van der Waals surface area contributed by atoms with Crippen molar-refractivity contribution in [3.63, 3.8) is 0 Å². The van der Waals surface area contributed by atoms with Crippen molar-refractivity contribution in [3.8, 4) is 0 Å². The molecule has 118 valence electrons. The molecule has 1 heterocycles. The van der Waals surface area contributed by atoms with E-state index in [-0.39, 0.29) is 11.8 Å². The quantitative estimate of drug-likeness (QED) is 0.674. The van der Waals surface area contributed by atoms with Crippen LogP contribution < -0.4 is 10.6 Å². The number of anilines is 1. The maximum absolute atomic E-state index is 11.7. The summed E-state index contributed by atoms with van der Waals surface area (Å²) in [5.41, 5.74) is 0.623. The normalized spacial score (nSPS) is 11.2. The zero-order chi connectivity index (χ0) is 15.9. The van der Waals surface area contributed by atoms with Gasteiger partial charge in [0.2, 0.25) is 11.8 Å². The number of amides is 2. The highest BCUT2D eigenvalue weighted by atomic mass is 16.2. The molecule has 0 radical (unpaired) electrons. The van der Waals surface area contributed by atoms with Gasteiger partial charge in [-0.25, -0.2) is 0 Å². The number of H-pyrrole nitrogens is 1. The average molecular weight is 294 g/mol. The summed E-state index contributed by atoms with van der Waals surface area (Å²) in [6.45, 7) is 8.18. The Morgan fingerprint density at radius 1 is 1.33 bits per heavy atom. The molecule has 6 nitrogen and oxygen atoms in total. The number of aryl methyl sites for hydroxylation is 1. The van der Waals surface area contributed by atoms with E-state index in [1.54, 1.807) is 0 Å². The van der Waals surface area contributed by atoms with Gasteiger partial charge in [-0.15, -0.1) is 0 Å². The second-order valence-electron chi connectivity index (χ2n) is 6.19. The molecule has 0 aliphatic heterocycles. The van der Waals surface area contributed by atoms with Crippen molar-refractivity contribution >= 4 is 17.6 Å². The number of carbonyl (C=O) groups is 2. The molecule has 0 unspecified atom stereocenters. The monoisotopic (exact) mass is 294 g/mol. The molecule has 21 heavy (non-hydrogen) atoms. The molecule has 0 aliphatic carbocycles. The van der Waals surface area contributed by atoms with E-state index < -0.39 is 5.41 Å². The van der Waals surface area contributed by atoms with E-state index in [0.717, 1.165) is 18.5 Å². The van der Waals surface area contributed by atoms with Crippen LogP contribution >= 0.6 is 0 Å². The molecule has 1 rings (SSSR count). The molecule has 1 aromatic rings. The number of aromatic amines is 1. The average Bonchev–Trinajstić information content (AvgIpc) is 2.81. The Balaban J connectivity index is 2.23. The SMILES string of the molecule is CCCc1cc(NC(=O)CCCNC(=O)C(C)(C)C)n[nH]1. The minimum absolute atomic E-state index is 0.000540. The van der Waals surface area contributed by atoms with E-state index in [1.807, 2.05) is 26.8 Å². The summed E-state index contributed by atoms with van der Waals surface area (Å²) in [4.78, 5) is 23.4. The minimum atomic E-state index is -0.396. The molecule has 0 aliphatic rings. The van der Waals surface area contributed by atoms with Crippen molar-refractivity contribution in [3.05, 3.63) is 11.8 Å². The molecular weight excluding hydrogens is 268 g/mol. The van der Waals surface area contributed by atoms with Gasteiger partial charge in [0.25, 0.3) is 0 Å². The highest BCUT2D eigenvalue weighted by Crippen LogP contribution is 2.12. The molecule has 0 fully saturated rings. The van der Waals surface area contributed by atoms with Crippen LogP contribution in [0.5, 0.6) is 0 Å². The van der Waals surface area contributed by atoms with Gasteiger partial charge in [0, 0.05) is 30.1 Å². The zero-order valence-corrected chi connectivity index (χ0v) is 13.4. The Morgan fingerprint density at radius 3 is 2.67 bits per heavy atom. The lowest BCUT2D eigenvalue weighted by molar-refractivity contribution is -0.128. The van der Waals surface area contributed by atoms with Crippen LogP contribution in [-0.2, 0) is 16.0 Å². The van der Waals surface area contributed by atoms with Crippen LogP contribution in [0.4, 0.5) is 5.82 Å². The first-order chi connectivity index (χ1) is 9.82. The van der Waals surface area contributed by atoms with Crippen molar-refractivity contribution in [1.29, 1.82) is 0 Å². The largest absolute Gasteiger partial charge is 0.356 e. The van der Waals surface area contributed by atoms with Crippen LogP contribution in [0.15, 0.2) is 6.07 Å². The number of hydrogen-bond acceptors (Lipinski definition) is 3. The highest BCUT2D eigenvalue weighted by molar-refractivity contribution is 5.89. The first-order valence-electron chi connectivity index (χ1n) is 7.45. The molecule has 0 saturated carbocycles. The number of carbonyl (C=O) groups excluding carboxylic acids is 2. The molecular formula is C15H26N4O2. The third-order valence-corrected chi connectivity index (χ3v) is 2.97. The van der Waals surface area contributed by atoms with E-state index in [1.165, 1.54) is 0 Å². The molecule has 0 saturated heterocycles. The maximum Gasteiger partial charge on any atom is 0.225 e. The standard InChI is InChI=1S/C15H26N4O2/c1-5-7-11-10-12(19-18-11)17-13(20)8-6-9-16-14(21)15(2,3)4/h10H,5-9H2,1-4H3,(H,16,21)(H2,17,18,19,20).